The summed E-state index contributed by atoms with van der Waals surface area (Å²) in [6.07, 6.45) is 3.74. The lowest BCUT2D eigenvalue weighted by molar-refractivity contribution is -0.136. The Morgan fingerprint density at radius 2 is 1.81 bits per heavy atom. The summed E-state index contributed by atoms with van der Waals surface area (Å²) >= 11 is 0. The van der Waals surface area contributed by atoms with Crippen LogP contribution in [0.25, 0.3) is 0 Å². The Kier molecular flexibility index (Phi) is 5.84. The highest BCUT2D eigenvalue weighted by Crippen LogP contribution is 2.21. The molecule has 0 radical (unpaired) electrons. The van der Waals surface area contributed by atoms with E-state index in [2.05, 4.69) is 20.5 Å². The van der Waals surface area contributed by atoms with Gasteiger partial charge in [-0.05, 0) is 49.4 Å². The van der Waals surface area contributed by atoms with Crippen LogP contribution in [0.15, 0.2) is 48.7 Å². The molecule has 1 saturated heterocycles. The predicted octanol–water partition coefficient (Wildman–Crippen LogP) is 2.36. The van der Waals surface area contributed by atoms with Crippen LogP contribution in [0.3, 0.4) is 0 Å². The molecule has 3 rings (SSSR count). The highest BCUT2D eigenvalue weighted by molar-refractivity contribution is 6.39. The number of carbonyl (C=O) groups is 2. The third-order valence-electron chi connectivity index (χ3n) is 4.74. The molecule has 6 heteroatoms. The minimum atomic E-state index is -0.620. The van der Waals surface area contributed by atoms with Gasteiger partial charge in [0.25, 0.3) is 0 Å². The lowest BCUT2D eigenvalue weighted by Gasteiger charge is -2.32. The maximum Gasteiger partial charge on any atom is 0.313 e. The van der Waals surface area contributed by atoms with Crippen LogP contribution in [0.2, 0.25) is 0 Å². The molecule has 136 valence electrons. The van der Waals surface area contributed by atoms with E-state index in [1.807, 2.05) is 43.3 Å². The van der Waals surface area contributed by atoms with Crippen molar-refractivity contribution in [1.82, 2.24) is 10.3 Å². The van der Waals surface area contributed by atoms with Crippen molar-refractivity contribution in [2.45, 2.75) is 19.8 Å². The maximum atomic E-state index is 12.0. The first-order valence-electron chi connectivity index (χ1n) is 8.94. The molecule has 1 aromatic carbocycles. The highest BCUT2D eigenvalue weighted by Gasteiger charge is 2.22. The average molecular weight is 352 g/mol. The van der Waals surface area contributed by atoms with Gasteiger partial charge in [0, 0.05) is 31.5 Å². The molecular formula is C20H24N4O2. The summed E-state index contributed by atoms with van der Waals surface area (Å²) in [5, 5.41) is 5.42. The van der Waals surface area contributed by atoms with Crippen molar-refractivity contribution in [3.8, 4) is 0 Å². The van der Waals surface area contributed by atoms with E-state index in [1.54, 1.807) is 12.3 Å². The Balaban J connectivity index is 1.42. The largest absolute Gasteiger partial charge is 0.357 e. The lowest BCUT2D eigenvalue weighted by atomic mass is 9.97. The molecule has 1 aromatic heterocycles. The zero-order valence-electron chi connectivity index (χ0n) is 14.9. The van der Waals surface area contributed by atoms with Crippen molar-refractivity contribution in [2.75, 3.05) is 29.9 Å². The van der Waals surface area contributed by atoms with Crippen molar-refractivity contribution in [1.29, 1.82) is 0 Å². The lowest BCUT2D eigenvalue weighted by Crippen LogP contribution is -2.42. The standard InChI is InChI=1S/C20H24N4O2/c1-15-6-2-3-7-17(15)23-20(26)19(25)22-14-16-9-12-24(13-10-16)18-8-4-5-11-21-18/h2-8,11,16H,9-10,12-14H2,1H3,(H,22,25)(H,23,26). The minimum absolute atomic E-state index is 0.380. The fourth-order valence-corrected chi connectivity index (χ4v) is 3.12. The van der Waals surface area contributed by atoms with Gasteiger partial charge in [0.2, 0.25) is 0 Å². The molecule has 6 nitrogen and oxygen atoms in total. The number of piperidine rings is 1. The fourth-order valence-electron chi connectivity index (χ4n) is 3.12. The molecule has 0 spiro atoms. The predicted molar refractivity (Wildman–Crippen MR) is 102 cm³/mol. The van der Waals surface area contributed by atoms with Crippen LogP contribution < -0.4 is 15.5 Å². The summed E-state index contributed by atoms with van der Waals surface area (Å²) in [7, 11) is 0. The van der Waals surface area contributed by atoms with E-state index < -0.39 is 11.8 Å². The molecule has 2 aromatic rings. The molecule has 0 bridgehead atoms. The monoisotopic (exact) mass is 352 g/mol. The molecule has 2 amide bonds. The van der Waals surface area contributed by atoms with E-state index in [0.29, 0.717) is 18.2 Å². The van der Waals surface area contributed by atoms with Crippen molar-refractivity contribution < 1.29 is 9.59 Å². The smallest absolute Gasteiger partial charge is 0.313 e. The normalized spacial score (nSPS) is 14.7. The number of aromatic nitrogens is 1. The summed E-state index contributed by atoms with van der Waals surface area (Å²) in [4.78, 5) is 30.7. The maximum absolute atomic E-state index is 12.0. The molecule has 0 atom stereocenters. The number of carbonyl (C=O) groups excluding carboxylic acids is 2. The van der Waals surface area contributed by atoms with Crippen LogP contribution in [-0.2, 0) is 9.59 Å². The number of amides is 2. The number of para-hydroxylation sites is 1. The number of anilines is 2. The first-order chi connectivity index (χ1) is 12.6. The summed E-state index contributed by atoms with van der Waals surface area (Å²) in [6, 6.07) is 13.3. The van der Waals surface area contributed by atoms with Gasteiger partial charge in [-0.1, -0.05) is 24.3 Å². The SMILES string of the molecule is Cc1ccccc1NC(=O)C(=O)NCC1CCN(c2ccccn2)CC1. The van der Waals surface area contributed by atoms with Gasteiger partial charge in [0.1, 0.15) is 5.82 Å². The Morgan fingerprint density at radius 1 is 1.08 bits per heavy atom. The van der Waals surface area contributed by atoms with E-state index in [9.17, 15) is 9.59 Å². The molecule has 26 heavy (non-hydrogen) atoms. The third kappa shape index (κ3) is 4.59. The third-order valence-corrected chi connectivity index (χ3v) is 4.74. The Labute approximate surface area is 153 Å². The van der Waals surface area contributed by atoms with E-state index in [0.717, 1.165) is 37.3 Å². The zero-order valence-corrected chi connectivity index (χ0v) is 14.9. The minimum Gasteiger partial charge on any atom is -0.357 e. The van der Waals surface area contributed by atoms with E-state index in [-0.39, 0.29) is 0 Å². The number of hydrogen-bond donors (Lipinski definition) is 2. The number of hydrogen-bond acceptors (Lipinski definition) is 4. The van der Waals surface area contributed by atoms with Crippen LogP contribution in [0.5, 0.6) is 0 Å². The van der Waals surface area contributed by atoms with Crippen molar-refractivity contribution in [2.24, 2.45) is 5.92 Å². The summed E-state index contributed by atoms with van der Waals surface area (Å²) in [5.74, 6) is 0.170. The second kappa shape index (κ2) is 8.47. The summed E-state index contributed by atoms with van der Waals surface area (Å²) in [5.41, 5.74) is 1.59. The number of pyridine rings is 1. The molecule has 1 fully saturated rings. The second-order valence-electron chi connectivity index (χ2n) is 6.60. The van der Waals surface area contributed by atoms with Crippen LogP contribution in [0, 0.1) is 12.8 Å². The van der Waals surface area contributed by atoms with E-state index >= 15 is 0 Å². The van der Waals surface area contributed by atoms with Crippen molar-refractivity contribution >= 4 is 23.3 Å². The van der Waals surface area contributed by atoms with E-state index in [1.165, 1.54) is 0 Å². The van der Waals surface area contributed by atoms with Crippen LogP contribution >= 0.6 is 0 Å². The van der Waals surface area contributed by atoms with E-state index in [4.69, 9.17) is 0 Å². The molecule has 2 N–H and O–H groups in total. The topological polar surface area (TPSA) is 74.3 Å². The number of benzene rings is 1. The number of nitrogens with zero attached hydrogens (tertiary/aromatic N) is 2. The Hall–Kier alpha value is -2.89. The fraction of sp³-hybridized carbons (Fsp3) is 0.350. The van der Waals surface area contributed by atoms with Gasteiger partial charge in [0.15, 0.2) is 0 Å². The molecule has 0 saturated carbocycles. The van der Waals surface area contributed by atoms with Gasteiger partial charge in [-0.2, -0.15) is 0 Å². The molecule has 0 unspecified atom stereocenters. The highest BCUT2D eigenvalue weighted by atomic mass is 16.2. The average Bonchev–Trinajstić information content (AvgIpc) is 2.69. The van der Waals surface area contributed by atoms with Gasteiger partial charge in [0.05, 0.1) is 0 Å². The molecule has 2 heterocycles. The number of nitrogens with one attached hydrogen (secondary N) is 2. The van der Waals surface area contributed by atoms with Gasteiger partial charge >= 0.3 is 11.8 Å². The summed E-state index contributed by atoms with van der Waals surface area (Å²) in [6.45, 7) is 4.24. The Bertz CT molecular complexity index is 755. The van der Waals surface area contributed by atoms with Gasteiger partial charge in [-0.15, -0.1) is 0 Å². The molecule has 1 aliphatic rings. The first kappa shape index (κ1) is 17.9. The molecule has 0 aliphatic carbocycles. The first-order valence-corrected chi connectivity index (χ1v) is 8.94. The van der Waals surface area contributed by atoms with Gasteiger partial charge < -0.3 is 15.5 Å². The second-order valence-corrected chi connectivity index (χ2v) is 6.60. The van der Waals surface area contributed by atoms with Gasteiger partial charge in [-0.25, -0.2) is 4.98 Å². The van der Waals surface area contributed by atoms with Gasteiger partial charge in [-0.3, -0.25) is 9.59 Å². The number of aryl methyl sites for hydroxylation is 1. The summed E-state index contributed by atoms with van der Waals surface area (Å²) < 4.78 is 0. The number of rotatable bonds is 4. The zero-order chi connectivity index (χ0) is 18.4. The van der Waals surface area contributed by atoms with Crippen LogP contribution in [0.1, 0.15) is 18.4 Å². The van der Waals surface area contributed by atoms with Crippen LogP contribution in [0.4, 0.5) is 11.5 Å². The van der Waals surface area contributed by atoms with Crippen molar-refractivity contribution in [3.63, 3.8) is 0 Å². The molecular weight excluding hydrogens is 328 g/mol. The van der Waals surface area contributed by atoms with Crippen molar-refractivity contribution in [3.05, 3.63) is 54.2 Å². The van der Waals surface area contributed by atoms with Crippen LogP contribution in [-0.4, -0.2) is 36.4 Å². The molecule has 1 aliphatic heterocycles. The quantitative estimate of drug-likeness (QED) is 0.829. The Morgan fingerprint density at radius 3 is 2.50 bits per heavy atom.